The van der Waals surface area contributed by atoms with Crippen LogP contribution in [0.25, 0.3) is 0 Å². The summed E-state index contributed by atoms with van der Waals surface area (Å²) >= 11 is 1.25. The third-order valence-corrected chi connectivity index (χ3v) is 3.77. The molecule has 0 fully saturated rings. The van der Waals surface area contributed by atoms with Crippen LogP contribution in [0.15, 0.2) is 29.6 Å². The van der Waals surface area contributed by atoms with Crippen molar-refractivity contribution in [3.8, 4) is 0 Å². The molecule has 2 aromatic rings. The van der Waals surface area contributed by atoms with Gasteiger partial charge < -0.3 is 15.5 Å². The van der Waals surface area contributed by atoms with Gasteiger partial charge in [0.1, 0.15) is 0 Å². The molecule has 2 rings (SSSR count). The Hall–Kier alpha value is -2.67. The molecule has 6 nitrogen and oxygen atoms in total. The number of nitrogens with one attached hydrogen (secondary N) is 1. The Bertz CT molecular complexity index is 702. The van der Waals surface area contributed by atoms with Crippen LogP contribution in [0.5, 0.6) is 0 Å². The molecule has 3 N–H and O–H groups in total. The van der Waals surface area contributed by atoms with Gasteiger partial charge in [0.05, 0.1) is 16.0 Å². The molecular formula is C14H11NO5S. The molecule has 108 valence electrons. The number of carboxylic acid groups (broad SMARTS) is 2. The lowest BCUT2D eigenvalue weighted by molar-refractivity contribution is 0.0696. The van der Waals surface area contributed by atoms with Crippen LogP contribution in [0.3, 0.4) is 0 Å². The molecule has 0 saturated carbocycles. The molecule has 1 amide bonds. The number of amides is 1. The first-order chi connectivity index (χ1) is 9.88. The predicted octanol–water partition coefficient (Wildman–Crippen LogP) is 2.71. The number of carbonyl (C=O) groups excluding carboxylic acids is 1. The van der Waals surface area contributed by atoms with Crippen LogP contribution < -0.4 is 5.32 Å². The Kier molecular flexibility index (Phi) is 4.04. The Morgan fingerprint density at radius 1 is 1.05 bits per heavy atom. The second-order valence-electron chi connectivity index (χ2n) is 4.30. The molecular weight excluding hydrogens is 294 g/mol. The fourth-order valence-electron chi connectivity index (χ4n) is 1.74. The molecule has 0 spiro atoms. The van der Waals surface area contributed by atoms with E-state index in [-0.39, 0.29) is 16.8 Å². The molecule has 0 bridgehead atoms. The van der Waals surface area contributed by atoms with Crippen molar-refractivity contribution in [3.05, 3.63) is 51.2 Å². The van der Waals surface area contributed by atoms with E-state index in [4.69, 9.17) is 10.2 Å². The summed E-state index contributed by atoms with van der Waals surface area (Å²) < 4.78 is 0. The molecule has 1 aromatic carbocycles. The number of carbonyl (C=O) groups is 3. The van der Waals surface area contributed by atoms with Crippen LogP contribution in [-0.4, -0.2) is 28.1 Å². The summed E-state index contributed by atoms with van der Waals surface area (Å²) in [7, 11) is 0. The fraction of sp³-hybridized carbons (Fsp3) is 0.0714. The molecule has 1 aromatic heterocycles. The second kappa shape index (κ2) is 5.76. The molecule has 0 saturated heterocycles. The van der Waals surface area contributed by atoms with Crippen LogP contribution >= 0.6 is 11.3 Å². The smallest absolute Gasteiger partial charge is 0.335 e. The molecule has 0 radical (unpaired) electrons. The monoisotopic (exact) mass is 305 g/mol. The molecule has 0 atom stereocenters. The van der Waals surface area contributed by atoms with E-state index in [2.05, 4.69) is 5.32 Å². The maximum atomic E-state index is 12.1. The number of anilines is 1. The van der Waals surface area contributed by atoms with Gasteiger partial charge >= 0.3 is 11.9 Å². The summed E-state index contributed by atoms with van der Waals surface area (Å²) in [6.45, 7) is 1.78. The van der Waals surface area contributed by atoms with Crippen molar-refractivity contribution in [3.63, 3.8) is 0 Å². The maximum absolute atomic E-state index is 12.1. The largest absolute Gasteiger partial charge is 0.478 e. The third-order valence-electron chi connectivity index (χ3n) is 2.75. The lowest BCUT2D eigenvalue weighted by Crippen LogP contribution is -2.13. The summed E-state index contributed by atoms with van der Waals surface area (Å²) in [6.07, 6.45) is 0. The van der Waals surface area contributed by atoms with Crippen molar-refractivity contribution >= 4 is 34.9 Å². The highest BCUT2D eigenvalue weighted by molar-refractivity contribution is 7.12. The van der Waals surface area contributed by atoms with E-state index >= 15 is 0 Å². The summed E-state index contributed by atoms with van der Waals surface area (Å²) in [4.78, 5) is 34.5. The van der Waals surface area contributed by atoms with E-state index in [0.29, 0.717) is 4.88 Å². The summed E-state index contributed by atoms with van der Waals surface area (Å²) in [5.74, 6) is -2.93. The summed E-state index contributed by atoms with van der Waals surface area (Å²) in [6, 6.07) is 5.26. The number of carboxylic acids is 2. The molecule has 0 aliphatic rings. The Morgan fingerprint density at radius 2 is 1.62 bits per heavy atom. The van der Waals surface area contributed by atoms with Gasteiger partial charge in [-0.2, -0.15) is 0 Å². The second-order valence-corrected chi connectivity index (χ2v) is 5.21. The highest BCUT2D eigenvalue weighted by Gasteiger charge is 2.15. The van der Waals surface area contributed by atoms with Gasteiger partial charge in [-0.1, -0.05) is 0 Å². The van der Waals surface area contributed by atoms with E-state index in [0.717, 1.165) is 11.6 Å². The topological polar surface area (TPSA) is 104 Å². The van der Waals surface area contributed by atoms with Gasteiger partial charge in [-0.3, -0.25) is 4.79 Å². The molecule has 7 heteroatoms. The minimum Gasteiger partial charge on any atom is -0.478 e. The summed E-state index contributed by atoms with van der Waals surface area (Å²) in [5.41, 5.74) is 0.525. The maximum Gasteiger partial charge on any atom is 0.335 e. The minimum absolute atomic E-state index is 0.130. The fourth-order valence-corrected chi connectivity index (χ4v) is 2.56. The number of benzene rings is 1. The summed E-state index contributed by atoms with van der Waals surface area (Å²) in [5, 5.41) is 22.2. The van der Waals surface area contributed by atoms with Crippen LogP contribution in [-0.2, 0) is 0 Å². The van der Waals surface area contributed by atoms with Gasteiger partial charge in [0.25, 0.3) is 5.91 Å². The number of aryl methyl sites for hydroxylation is 1. The van der Waals surface area contributed by atoms with Gasteiger partial charge in [-0.25, -0.2) is 9.59 Å². The van der Waals surface area contributed by atoms with Gasteiger partial charge in [0.15, 0.2) is 0 Å². The zero-order valence-corrected chi connectivity index (χ0v) is 11.7. The van der Waals surface area contributed by atoms with E-state index in [9.17, 15) is 14.4 Å². The average Bonchev–Trinajstić information content (AvgIpc) is 2.84. The minimum atomic E-state index is -1.26. The van der Waals surface area contributed by atoms with Crippen molar-refractivity contribution in [1.82, 2.24) is 0 Å². The van der Waals surface area contributed by atoms with Gasteiger partial charge in [0.2, 0.25) is 0 Å². The number of rotatable bonds is 4. The van der Waals surface area contributed by atoms with Gasteiger partial charge in [-0.15, -0.1) is 11.3 Å². The first kappa shape index (κ1) is 14.7. The van der Waals surface area contributed by atoms with Crippen LogP contribution in [0.4, 0.5) is 5.69 Å². The SMILES string of the molecule is Cc1ccsc1C(=O)Nc1cc(C(=O)O)cc(C(=O)O)c1. The van der Waals surface area contributed by atoms with Crippen molar-refractivity contribution in [2.24, 2.45) is 0 Å². The molecule has 0 aliphatic heterocycles. The normalized spacial score (nSPS) is 10.1. The lowest BCUT2D eigenvalue weighted by Gasteiger charge is -2.07. The molecule has 0 aliphatic carbocycles. The standard InChI is InChI=1S/C14H11NO5S/c1-7-2-3-21-11(7)12(16)15-10-5-8(13(17)18)4-9(6-10)14(19)20/h2-6H,1H3,(H,15,16)(H,17,18)(H,19,20). The molecule has 1 heterocycles. The van der Waals surface area contributed by atoms with E-state index in [1.807, 2.05) is 0 Å². The number of hydrogen-bond acceptors (Lipinski definition) is 4. The van der Waals surface area contributed by atoms with E-state index < -0.39 is 17.8 Å². The van der Waals surface area contributed by atoms with E-state index in [1.165, 1.54) is 23.5 Å². The van der Waals surface area contributed by atoms with Crippen LogP contribution in [0.1, 0.15) is 36.0 Å². The quantitative estimate of drug-likeness (QED) is 0.805. The Balaban J connectivity index is 2.35. The number of hydrogen-bond donors (Lipinski definition) is 3. The van der Waals surface area contributed by atoms with Crippen molar-refractivity contribution in [2.45, 2.75) is 6.92 Å². The highest BCUT2D eigenvalue weighted by atomic mass is 32.1. The zero-order valence-electron chi connectivity index (χ0n) is 10.9. The van der Waals surface area contributed by atoms with Gasteiger partial charge in [0, 0.05) is 5.69 Å². The first-order valence-electron chi connectivity index (χ1n) is 5.85. The van der Waals surface area contributed by atoms with Crippen molar-refractivity contribution in [2.75, 3.05) is 5.32 Å². The Morgan fingerprint density at radius 3 is 2.05 bits per heavy atom. The van der Waals surface area contributed by atoms with Crippen LogP contribution in [0.2, 0.25) is 0 Å². The first-order valence-corrected chi connectivity index (χ1v) is 6.73. The van der Waals surface area contributed by atoms with Crippen molar-refractivity contribution < 1.29 is 24.6 Å². The molecule has 0 unspecified atom stereocenters. The van der Waals surface area contributed by atoms with Crippen LogP contribution in [0, 0.1) is 6.92 Å². The predicted molar refractivity (Wildman–Crippen MR) is 77.4 cm³/mol. The third kappa shape index (κ3) is 3.26. The van der Waals surface area contributed by atoms with E-state index in [1.54, 1.807) is 18.4 Å². The van der Waals surface area contributed by atoms with Gasteiger partial charge in [-0.05, 0) is 42.1 Å². The van der Waals surface area contributed by atoms with Crippen molar-refractivity contribution in [1.29, 1.82) is 0 Å². The number of thiophene rings is 1. The highest BCUT2D eigenvalue weighted by Crippen LogP contribution is 2.20. The number of aromatic carboxylic acids is 2. The Labute approximate surface area is 123 Å². The molecule has 21 heavy (non-hydrogen) atoms. The zero-order chi connectivity index (χ0) is 15.6. The lowest BCUT2D eigenvalue weighted by atomic mass is 10.1. The average molecular weight is 305 g/mol.